The molecule has 94 valence electrons. The highest BCUT2D eigenvalue weighted by atomic mass is 16.3. The van der Waals surface area contributed by atoms with Crippen LogP contribution >= 0.6 is 0 Å². The van der Waals surface area contributed by atoms with Gasteiger partial charge in [0.2, 0.25) is 5.91 Å². The SMILES string of the molecule is CC(=O)NCC(O)C(O)c1cnc(N)c(O)c1. The minimum absolute atomic E-state index is 0.0581. The third-order valence-electron chi connectivity index (χ3n) is 2.18. The molecule has 0 aromatic carbocycles. The average Bonchev–Trinajstić information content (AvgIpc) is 2.28. The summed E-state index contributed by atoms with van der Waals surface area (Å²) in [5, 5.41) is 31.0. The van der Waals surface area contributed by atoms with Crippen molar-refractivity contribution in [2.75, 3.05) is 12.3 Å². The van der Waals surface area contributed by atoms with E-state index in [1.807, 2.05) is 0 Å². The van der Waals surface area contributed by atoms with Crippen LogP contribution in [0.2, 0.25) is 0 Å². The summed E-state index contributed by atoms with van der Waals surface area (Å²) < 4.78 is 0. The predicted octanol–water partition coefficient (Wildman–Crippen LogP) is -1.10. The Balaban J connectivity index is 2.70. The fourth-order valence-corrected chi connectivity index (χ4v) is 1.22. The van der Waals surface area contributed by atoms with Crippen molar-refractivity contribution >= 4 is 11.7 Å². The van der Waals surface area contributed by atoms with Crippen LogP contribution < -0.4 is 11.1 Å². The Morgan fingerprint density at radius 3 is 2.76 bits per heavy atom. The monoisotopic (exact) mass is 241 g/mol. The van der Waals surface area contributed by atoms with Gasteiger partial charge in [0.1, 0.15) is 12.2 Å². The number of rotatable bonds is 4. The highest BCUT2D eigenvalue weighted by molar-refractivity contribution is 5.72. The van der Waals surface area contributed by atoms with E-state index in [1.54, 1.807) is 0 Å². The summed E-state index contributed by atoms with van der Waals surface area (Å²) in [5.74, 6) is -0.639. The molecular formula is C10H15N3O4. The van der Waals surface area contributed by atoms with Gasteiger partial charge < -0.3 is 26.4 Å². The number of carbonyl (C=O) groups excluding carboxylic acids is 1. The summed E-state index contributed by atoms with van der Waals surface area (Å²) in [7, 11) is 0. The Bertz CT molecular complexity index is 411. The van der Waals surface area contributed by atoms with Crippen LogP contribution in [0.3, 0.4) is 0 Å². The number of aromatic hydroxyl groups is 1. The zero-order valence-corrected chi connectivity index (χ0v) is 9.29. The van der Waals surface area contributed by atoms with Crippen LogP contribution in [0.25, 0.3) is 0 Å². The molecule has 1 heterocycles. The van der Waals surface area contributed by atoms with E-state index in [9.17, 15) is 20.1 Å². The zero-order valence-electron chi connectivity index (χ0n) is 9.29. The topological polar surface area (TPSA) is 129 Å². The average molecular weight is 241 g/mol. The van der Waals surface area contributed by atoms with E-state index in [1.165, 1.54) is 19.2 Å². The first-order chi connectivity index (χ1) is 7.91. The van der Waals surface area contributed by atoms with Crippen LogP contribution in [0.4, 0.5) is 5.82 Å². The van der Waals surface area contributed by atoms with Gasteiger partial charge in [-0.3, -0.25) is 4.79 Å². The van der Waals surface area contributed by atoms with Crippen molar-refractivity contribution in [1.29, 1.82) is 0 Å². The normalized spacial score (nSPS) is 14.1. The molecule has 17 heavy (non-hydrogen) atoms. The summed E-state index contributed by atoms with van der Waals surface area (Å²) in [6, 6.07) is 1.21. The summed E-state index contributed by atoms with van der Waals surface area (Å²) >= 11 is 0. The third kappa shape index (κ3) is 3.58. The van der Waals surface area contributed by atoms with Gasteiger partial charge in [-0.2, -0.15) is 0 Å². The number of carbonyl (C=O) groups is 1. The number of aliphatic hydroxyl groups excluding tert-OH is 2. The van der Waals surface area contributed by atoms with Gasteiger partial charge in [0.25, 0.3) is 0 Å². The molecule has 1 rings (SSSR count). The van der Waals surface area contributed by atoms with Crippen LogP contribution in [-0.2, 0) is 4.79 Å². The maximum atomic E-state index is 10.6. The zero-order chi connectivity index (χ0) is 13.0. The Hall–Kier alpha value is -1.86. The number of aliphatic hydroxyl groups is 2. The number of hydrogen-bond acceptors (Lipinski definition) is 6. The number of anilines is 1. The molecule has 0 saturated heterocycles. The highest BCUT2D eigenvalue weighted by Gasteiger charge is 2.19. The first-order valence-electron chi connectivity index (χ1n) is 4.96. The number of nitrogens with one attached hydrogen (secondary N) is 1. The number of hydrogen-bond donors (Lipinski definition) is 5. The lowest BCUT2D eigenvalue weighted by Crippen LogP contribution is -2.34. The molecule has 7 nitrogen and oxygen atoms in total. The minimum Gasteiger partial charge on any atom is -0.504 e. The molecule has 7 heteroatoms. The van der Waals surface area contributed by atoms with Crippen molar-refractivity contribution in [3.63, 3.8) is 0 Å². The number of amides is 1. The lowest BCUT2D eigenvalue weighted by atomic mass is 10.1. The van der Waals surface area contributed by atoms with Crippen LogP contribution in [0.5, 0.6) is 5.75 Å². The summed E-state index contributed by atoms with van der Waals surface area (Å²) in [6.45, 7) is 1.21. The molecule has 0 bridgehead atoms. The number of nitrogens with two attached hydrogens (primary N) is 1. The third-order valence-corrected chi connectivity index (χ3v) is 2.18. The smallest absolute Gasteiger partial charge is 0.216 e. The Kier molecular flexibility index (Phi) is 4.24. The molecule has 0 aliphatic carbocycles. The molecular weight excluding hydrogens is 226 g/mol. The van der Waals surface area contributed by atoms with E-state index < -0.39 is 12.2 Å². The number of nitrogens with zero attached hydrogens (tertiary/aromatic N) is 1. The van der Waals surface area contributed by atoms with Crippen LogP contribution in [-0.4, -0.2) is 38.9 Å². The van der Waals surface area contributed by atoms with Crippen molar-refractivity contribution in [3.8, 4) is 5.75 Å². The van der Waals surface area contributed by atoms with Crippen molar-refractivity contribution in [2.45, 2.75) is 19.1 Å². The molecule has 1 aromatic heterocycles. The van der Waals surface area contributed by atoms with Gasteiger partial charge in [-0.05, 0) is 6.07 Å². The lowest BCUT2D eigenvalue weighted by molar-refractivity contribution is -0.119. The summed E-state index contributed by atoms with van der Waals surface area (Å²) in [5.41, 5.74) is 5.52. The van der Waals surface area contributed by atoms with Crippen molar-refractivity contribution in [3.05, 3.63) is 17.8 Å². The number of aromatic nitrogens is 1. The van der Waals surface area contributed by atoms with Gasteiger partial charge in [-0.15, -0.1) is 0 Å². The minimum atomic E-state index is -1.26. The van der Waals surface area contributed by atoms with E-state index in [0.717, 1.165) is 0 Å². The van der Waals surface area contributed by atoms with Crippen LogP contribution in [0, 0.1) is 0 Å². The van der Waals surface area contributed by atoms with E-state index in [4.69, 9.17) is 5.73 Å². The van der Waals surface area contributed by atoms with Crippen LogP contribution in [0.1, 0.15) is 18.6 Å². The summed E-state index contributed by atoms with van der Waals surface area (Å²) in [4.78, 5) is 14.3. The first kappa shape index (κ1) is 13.2. The molecule has 0 aliphatic rings. The molecule has 2 atom stereocenters. The number of pyridine rings is 1. The van der Waals surface area contributed by atoms with Crippen molar-refractivity contribution in [1.82, 2.24) is 10.3 Å². The Morgan fingerprint density at radius 1 is 1.59 bits per heavy atom. The van der Waals surface area contributed by atoms with Gasteiger partial charge in [-0.25, -0.2) is 4.98 Å². The predicted molar refractivity (Wildman–Crippen MR) is 60.0 cm³/mol. The van der Waals surface area contributed by atoms with Crippen molar-refractivity contribution < 1.29 is 20.1 Å². The molecule has 1 amide bonds. The molecule has 6 N–H and O–H groups in total. The molecule has 2 unspecified atom stereocenters. The summed E-state index contributed by atoms with van der Waals surface area (Å²) in [6.07, 6.45) is -1.21. The fourth-order valence-electron chi connectivity index (χ4n) is 1.22. The maximum Gasteiger partial charge on any atom is 0.216 e. The molecule has 0 fully saturated rings. The largest absolute Gasteiger partial charge is 0.504 e. The Labute approximate surface area is 97.9 Å². The van der Waals surface area contributed by atoms with Crippen LogP contribution in [0.15, 0.2) is 12.3 Å². The quantitative estimate of drug-likeness (QED) is 0.455. The maximum absolute atomic E-state index is 10.6. The van der Waals surface area contributed by atoms with Gasteiger partial charge in [-0.1, -0.05) is 0 Å². The van der Waals surface area contributed by atoms with Gasteiger partial charge >= 0.3 is 0 Å². The van der Waals surface area contributed by atoms with E-state index in [0.29, 0.717) is 0 Å². The Morgan fingerprint density at radius 2 is 2.24 bits per heavy atom. The molecule has 0 spiro atoms. The molecule has 0 saturated carbocycles. The van der Waals surface area contributed by atoms with Gasteiger partial charge in [0, 0.05) is 25.2 Å². The molecule has 0 aliphatic heterocycles. The van der Waals surface area contributed by atoms with Gasteiger partial charge in [0.15, 0.2) is 11.6 Å². The molecule has 1 aromatic rings. The van der Waals surface area contributed by atoms with E-state index >= 15 is 0 Å². The van der Waals surface area contributed by atoms with E-state index in [2.05, 4.69) is 10.3 Å². The lowest BCUT2D eigenvalue weighted by Gasteiger charge is -2.18. The molecule has 0 radical (unpaired) electrons. The van der Waals surface area contributed by atoms with E-state index in [-0.39, 0.29) is 29.6 Å². The second kappa shape index (κ2) is 5.46. The first-order valence-corrected chi connectivity index (χ1v) is 4.96. The second-order valence-electron chi connectivity index (χ2n) is 3.62. The number of nitrogen functional groups attached to an aromatic ring is 1. The second-order valence-corrected chi connectivity index (χ2v) is 3.62. The van der Waals surface area contributed by atoms with Gasteiger partial charge in [0.05, 0.1) is 0 Å². The standard InChI is InChI=1S/C10H15N3O4/c1-5(14)12-4-8(16)9(17)6-2-7(15)10(11)13-3-6/h2-3,8-9,15-17H,4H2,1H3,(H2,11,13)(H,12,14). The highest BCUT2D eigenvalue weighted by Crippen LogP contribution is 2.23. The van der Waals surface area contributed by atoms with Crippen molar-refractivity contribution in [2.24, 2.45) is 0 Å². The fraction of sp³-hybridized carbons (Fsp3) is 0.400.